The predicted molar refractivity (Wildman–Crippen MR) is 98.8 cm³/mol. The van der Waals surface area contributed by atoms with Gasteiger partial charge >= 0.3 is 0 Å². The van der Waals surface area contributed by atoms with E-state index in [-0.39, 0.29) is 5.56 Å². The minimum atomic E-state index is -0.106. The molecule has 0 radical (unpaired) electrons. The highest BCUT2D eigenvalue weighted by Crippen LogP contribution is 2.38. The van der Waals surface area contributed by atoms with Gasteiger partial charge in [-0.2, -0.15) is 0 Å². The lowest BCUT2D eigenvalue weighted by Gasteiger charge is -2.11. The van der Waals surface area contributed by atoms with Crippen molar-refractivity contribution >= 4 is 34.0 Å². The zero-order chi connectivity index (χ0) is 16.5. The lowest BCUT2D eigenvalue weighted by molar-refractivity contribution is 0.983. The van der Waals surface area contributed by atoms with Crippen LogP contribution in [0.5, 0.6) is 0 Å². The van der Waals surface area contributed by atoms with Gasteiger partial charge in [0.1, 0.15) is 5.01 Å². The molecule has 0 aliphatic carbocycles. The van der Waals surface area contributed by atoms with Gasteiger partial charge in [0.15, 0.2) is 4.34 Å². The number of aromatic nitrogens is 3. The number of nitrogens with zero attached hydrogens (tertiary/aromatic N) is 2. The molecule has 4 nitrogen and oxygen atoms in total. The number of rotatable bonds is 3. The number of pyridine rings is 1. The third-order valence-electron chi connectivity index (χ3n) is 3.64. The topological polar surface area (TPSA) is 58.6 Å². The number of fused-ring (bicyclic) bond motifs is 1. The molecule has 2 aromatic carbocycles. The average molecular weight is 351 g/mol. The highest BCUT2D eigenvalue weighted by Gasteiger charge is 2.17. The summed E-state index contributed by atoms with van der Waals surface area (Å²) in [6.07, 6.45) is 0. The molecule has 1 N–H and O–H groups in total. The van der Waals surface area contributed by atoms with Gasteiger partial charge in [-0.1, -0.05) is 71.6 Å². The molecule has 0 saturated heterocycles. The van der Waals surface area contributed by atoms with Crippen molar-refractivity contribution in [2.75, 3.05) is 0 Å². The van der Waals surface area contributed by atoms with Crippen LogP contribution in [0.25, 0.3) is 22.0 Å². The minimum Gasteiger partial charge on any atom is -0.321 e. The second kappa shape index (κ2) is 6.22. The van der Waals surface area contributed by atoms with E-state index in [9.17, 15) is 4.79 Å². The van der Waals surface area contributed by atoms with Crippen molar-refractivity contribution in [1.82, 2.24) is 15.2 Å². The Morgan fingerprint density at radius 3 is 2.50 bits per heavy atom. The van der Waals surface area contributed by atoms with E-state index in [4.69, 9.17) is 0 Å². The minimum absolute atomic E-state index is 0.106. The Labute approximate surface area is 146 Å². The van der Waals surface area contributed by atoms with Gasteiger partial charge in [0.25, 0.3) is 5.56 Å². The molecule has 0 atom stereocenters. The van der Waals surface area contributed by atoms with Crippen LogP contribution in [0.15, 0.2) is 68.6 Å². The summed E-state index contributed by atoms with van der Waals surface area (Å²) in [5.74, 6) is 0. The van der Waals surface area contributed by atoms with Gasteiger partial charge in [-0.3, -0.25) is 4.79 Å². The van der Waals surface area contributed by atoms with Gasteiger partial charge in [0, 0.05) is 16.5 Å². The maximum Gasteiger partial charge on any atom is 0.263 e. The highest BCUT2D eigenvalue weighted by molar-refractivity contribution is 8.01. The third kappa shape index (κ3) is 2.74. The number of aryl methyl sites for hydroxylation is 1. The number of nitrogens with one attached hydrogen (secondary N) is 1. The third-order valence-corrected chi connectivity index (χ3v) is 5.62. The molecule has 0 aliphatic rings. The number of aromatic amines is 1. The Kier molecular flexibility index (Phi) is 3.92. The zero-order valence-electron chi connectivity index (χ0n) is 12.8. The van der Waals surface area contributed by atoms with Crippen molar-refractivity contribution in [3.8, 4) is 11.1 Å². The van der Waals surface area contributed by atoms with Gasteiger partial charge in [-0.15, -0.1) is 10.2 Å². The number of hydrogen-bond acceptors (Lipinski definition) is 5. The quantitative estimate of drug-likeness (QED) is 0.590. The number of H-pyrrole nitrogens is 1. The first-order valence-corrected chi connectivity index (χ1v) is 9.04. The largest absolute Gasteiger partial charge is 0.321 e. The molecule has 0 unspecified atom stereocenters. The summed E-state index contributed by atoms with van der Waals surface area (Å²) in [5, 5.41) is 10.1. The second-order valence-electron chi connectivity index (χ2n) is 5.26. The van der Waals surface area contributed by atoms with E-state index >= 15 is 0 Å². The lowest BCUT2D eigenvalue weighted by Crippen LogP contribution is -2.10. The van der Waals surface area contributed by atoms with E-state index in [1.54, 1.807) is 0 Å². The molecule has 0 bridgehead atoms. The molecule has 0 saturated carbocycles. The Morgan fingerprint density at radius 1 is 1.00 bits per heavy atom. The van der Waals surface area contributed by atoms with Crippen LogP contribution in [0.1, 0.15) is 5.01 Å². The molecule has 0 aliphatic heterocycles. The summed E-state index contributed by atoms with van der Waals surface area (Å²) in [5.41, 5.74) is 2.68. The van der Waals surface area contributed by atoms with Crippen LogP contribution in [0.4, 0.5) is 0 Å². The van der Waals surface area contributed by atoms with E-state index in [1.807, 2.05) is 61.5 Å². The van der Waals surface area contributed by atoms with Crippen molar-refractivity contribution in [2.24, 2.45) is 0 Å². The van der Waals surface area contributed by atoms with E-state index in [1.165, 1.54) is 23.1 Å². The number of para-hydroxylation sites is 1. The van der Waals surface area contributed by atoms with Crippen molar-refractivity contribution in [3.63, 3.8) is 0 Å². The van der Waals surface area contributed by atoms with Crippen LogP contribution in [0, 0.1) is 6.92 Å². The molecule has 0 amide bonds. The van der Waals surface area contributed by atoms with Crippen LogP contribution in [-0.4, -0.2) is 15.2 Å². The van der Waals surface area contributed by atoms with Gasteiger partial charge < -0.3 is 4.98 Å². The molecule has 0 fully saturated rings. The van der Waals surface area contributed by atoms with E-state index in [0.717, 1.165) is 31.4 Å². The van der Waals surface area contributed by atoms with Gasteiger partial charge in [-0.25, -0.2) is 0 Å². The summed E-state index contributed by atoms with van der Waals surface area (Å²) in [6.45, 7) is 1.91. The van der Waals surface area contributed by atoms with Crippen LogP contribution in [-0.2, 0) is 0 Å². The average Bonchev–Trinajstić information content (AvgIpc) is 3.01. The molecular formula is C18H13N3OS2. The molecule has 2 heterocycles. The fraction of sp³-hybridized carbons (Fsp3) is 0.0556. The number of hydrogen-bond donors (Lipinski definition) is 1. The van der Waals surface area contributed by atoms with Crippen molar-refractivity contribution in [3.05, 3.63) is 70.0 Å². The second-order valence-corrected chi connectivity index (χ2v) is 7.70. The fourth-order valence-corrected chi connectivity index (χ4v) is 4.55. The summed E-state index contributed by atoms with van der Waals surface area (Å²) >= 11 is 2.86. The standard InChI is InChI=1S/C18H13N3OS2/c1-11-20-21-18(23-11)24-16-15(12-7-3-2-4-8-12)13-9-5-6-10-14(13)19-17(16)22/h2-10H,1H3,(H,19,22). The van der Waals surface area contributed by atoms with Crippen LogP contribution in [0.2, 0.25) is 0 Å². The van der Waals surface area contributed by atoms with Crippen LogP contribution in [0.3, 0.4) is 0 Å². The molecular weight excluding hydrogens is 338 g/mol. The maximum atomic E-state index is 12.7. The first kappa shape index (κ1) is 15.1. The maximum absolute atomic E-state index is 12.7. The van der Waals surface area contributed by atoms with E-state index in [2.05, 4.69) is 15.2 Å². The Balaban J connectivity index is 2.01. The first-order valence-electron chi connectivity index (χ1n) is 7.41. The van der Waals surface area contributed by atoms with Crippen LogP contribution < -0.4 is 5.56 Å². The van der Waals surface area contributed by atoms with Gasteiger partial charge in [0.05, 0.1) is 4.90 Å². The Morgan fingerprint density at radius 2 is 1.75 bits per heavy atom. The van der Waals surface area contributed by atoms with Crippen LogP contribution >= 0.6 is 23.1 Å². The van der Waals surface area contributed by atoms with Gasteiger partial charge in [0.2, 0.25) is 0 Å². The van der Waals surface area contributed by atoms with Crippen molar-refractivity contribution < 1.29 is 0 Å². The molecule has 2 aromatic heterocycles. The Hall–Kier alpha value is -2.44. The molecule has 24 heavy (non-hydrogen) atoms. The Bertz CT molecular complexity index is 1070. The normalized spacial score (nSPS) is 11.0. The zero-order valence-corrected chi connectivity index (χ0v) is 14.4. The summed E-state index contributed by atoms with van der Waals surface area (Å²) in [4.78, 5) is 16.3. The van der Waals surface area contributed by atoms with Crippen molar-refractivity contribution in [2.45, 2.75) is 16.2 Å². The molecule has 4 aromatic rings. The lowest BCUT2D eigenvalue weighted by atomic mass is 10.0. The molecule has 6 heteroatoms. The summed E-state index contributed by atoms with van der Waals surface area (Å²) < 4.78 is 0.769. The molecule has 0 spiro atoms. The predicted octanol–water partition coefficient (Wildman–Crippen LogP) is 4.51. The van der Waals surface area contributed by atoms with Gasteiger partial charge in [-0.05, 0) is 18.6 Å². The fourth-order valence-electron chi connectivity index (χ4n) is 2.62. The highest BCUT2D eigenvalue weighted by atomic mass is 32.2. The van der Waals surface area contributed by atoms with E-state index < -0.39 is 0 Å². The summed E-state index contributed by atoms with van der Waals surface area (Å²) in [6, 6.07) is 17.8. The number of benzene rings is 2. The molecule has 4 rings (SSSR count). The summed E-state index contributed by atoms with van der Waals surface area (Å²) in [7, 11) is 0. The monoisotopic (exact) mass is 351 g/mol. The molecule has 118 valence electrons. The van der Waals surface area contributed by atoms with E-state index in [0.29, 0.717) is 4.90 Å². The first-order chi connectivity index (χ1) is 11.7. The smallest absolute Gasteiger partial charge is 0.263 e. The SMILES string of the molecule is Cc1nnc(Sc2c(-c3ccccc3)c3ccccc3[nH]c2=O)s1. The van der Waals surface area contributed by atoms with Crippen molar-refractivity contribution in [1.29, 1.82) is 0 Å².